The summed E-state index contributed by atoms with van der Waals surface area (Å²) in [5, 5.41) is 12.7. The maximum absolute atomic E-state index is 11.4. The number of carboxylic acid groups (broad SMARTS) is 1. The molecule has 0 saturated carbocycles. The molecular weight excluding hydrogens is 254 g/mol. The molecule has 5 nitrogen and oxygen atoms in total. The van der Waals surface area contributed by atoms with Gasteiger partial charge in [0.1, 0.15) is 5.82 Å². The molecule has 0 spiro atoms. The van der Waals surface area contributed by atoms with Crippen molar-refractivity contribution in [3.8, 4) is 0 Å². The Morgan fingerprint density at radius 1 is 1.60 bits per heavy atom. The number of hydrogen-bond donors (Lipinski definition) is 2. The highest BCUT2D eigenvalue weighted by molar-refractivity contribution is 5.94. The number of carbonyl (C=O) groups is 1. The lowest BCUT2D eigenvalue weighted by Crippen LogP contribution is -2.31. The fraction of sp³-hybridized carbons (Fsp3) is 0.467. The molecular formula is C15H19N3O2. The first-order chi connectivity index (χ1) is 9.66. The number of carboxylic acids is 1. The third-order valence-corrected chi connectivity index (χ3v) is 4.01. The molecule has 1 saturated heterocycles. The van der Waals surface area contributed by atoms with Crippen molar-refractivity contribution in [2.45, 2.75) is 26.2 Å². The van der Waals surface area contributed by atoms with Crippen LogP contribution in [0.5, 0.6) is 0 Å². The number of piperidine rings is 1. The van der Waals surface area contributed by atoms with Crippen LogP contribution >= 0.6 is 0 Å². The van der Waals surface area contributed by atoms with Gasteiger partial charge in [0.05, 0.1) is 5.52 Å². The van der Waals surface area contributed by atoms with Gasteiger partial charge in [0, 0.05) is 12.6 Å². The predicted octanol–water partition coefficient (Wildman–Crippen LogP) is 1.88. The fourth-order valence-corrected chi connectivity index (χ4v) is 3.02. The van der Waals surface area contributed by atoms with Crippen LogP contribution in [-0.2, 0) is 6.42 Å². The molecule has 0 bridgehead atoms. The summed E-state index contributed by atoms with van der Waals surface area (Å²) in [6.45, 7) is 4.00. The molecule has 1 atom stereocenters. The maximum Gasteiger partial charge on any atom is 0.356 e. The topological polar surface area (TPSA) is 66.6 Å². The molecule has 1 aliphatic rings. The van der Waals surface area contributed by atoms with Gasteiger partial charge >= 0.3 is 5.97 Å². The molecule has 2 N–H and O–H groups in total. The van der Waals surface area contributed by atoms with Gasteiger partial charge in [0.2, 0.25) is 0 Å². The number of imidazole rings is 1. The van der Waals surface area contributed by atoms with Crippen LogP contribution in [0.25, 0.3) is 5.52 Å². The summed E-state index contributed by atoms with van der Waals surface area (Å²) in [5.74, 6) is 0.441. The average molecular weight is 273 g/mol. The molecule has 1 unspecified atom stereocenters. The van der Waals surface area contributed by atoms with E-state index in [-0.39, 0.29) is 5.69 Å². The normalized spacial score (nSPS) is 19.4. The minimum Gasteiger partial charge on any atom is -0.476 e. The Morgan fingerprint density at radius 3 is 3.15 bits per heavy atom. The second kappa shape index (κ2) is 5.25. The molecule has 0 aliphatic carbocycles. The second-order valence-electron chi connectivity index (χ2n) is 5.51. The summed E-state index contributed by atoms with van der Waals surface area (Å²) >= 11 is 0. The zero-order valence-corrected chi connectivity index (χ0v) is 11.6. The van der Waals surface area contributed by atoms with Crippen molar-refractivity contribution < 1.29 is 9.90 Å². The van der Waals surface area contributed by atoms with Crippen molar-refractivity contribution in [2.75, 3.05) is 13.1 Å². The first kappa shape index (κ1) is 13.1. The summed E-state index contributed by atoms with van der Waals surface area (Å²) < 4.78 is 1.94. The number of pyridine rings is 1. The monoisotopic (exact) mass is 273 g/mol. The van der Waals surface area contributed by atoms with E-state index in [1.54, 1.807) is 0 Å². The number of nitrogens with zero attached hydrogens (tertiary/aromatic N) is 2. The van der Waals surface area contributed by atoms with E-state index in [1.165, 1.54) is 12.8 Å². The molecule has 5 heteroatoms. The van der Waals surface area contributed by atoms with Crippen molar-refractivity contribution in [3.05, 3.63) is 35.4 Å². The lowest BCUT2D eigenvalue weighted by molar-refractivity contribution is 0.0693. The number of aromatic carboxylic acids is 1. The maximum atomic E-state index is 11.4. The first-order valence-corrected chi connectivity index (χ1v) is 7.07. The van der Waals surface area contributed by atoms with Crippen molar-refractivity contribution in [1.29, 1.82) is 0 Å². The van der Waals surface area contributed by atoms with E-state index in [0.717, 1.165) is 36.4 Å². The van der Waals surface area contributed by atoms with Gasteiger partial charge in [-0.25, -0.2) is 9.78 Å². The Labute approximate surface area is 117 Å². The molecule has 1 aliphatic heterocycles. The predicted molar refractivity (Wildman–Crippen MR) is 76.2 cm³/mol. The fourth-order valence-electron chi connectivity index (χ4n) is 3.02. The van der Waals surface area contributed by atoms with Crippen LogP contribution in [0.3, 0.4) is 0 Å². The van der Waals surface area contributed by atoms with Gasteiger partial charge in [-0.2, -0.15) is 0 Å². The van der Waals surface area contributed by atoms with Crippen LogP contribution in [0.4, 0.5) is 0 Å². The molecule has 0 amide bonds. The third-order valence-electron chi connectivity index (χ3n) is 4.01. The smallest absolute Gasteiger partial charge is 0.356 e. The zero-order chi connectivity index (χ0) is 14.1. The van der Waals surface area contributed by atoms with E-state index in [4.69, 9.17) is 0 Å². The number of rotatable bonds is 3. The van der Waals surface area contributed by atoms with E-state index in [2.05, 4.69) is 10.3 Å². The van der Waals surface area contributed by atoms with Crippen LogP contribution in [0.2, 0.25) is 0 Å². The highest BCUT2D eigenvalue weighted by atomic mass is 16.4. The van der Waals surface area contributed by atoms with Crippen LogP contribution in [0.1, 0.15) is 34.7 Å². The lowest BCUT2D eigenvalue weighted by Gasteiger charge is -2.22. The number of nitrogens with one attached hydrogen (secondary N) is 1. The summed E-state index contributed by atoms with van der Waals surface area (Å²) in [5.41, 5.74) is 1.84. The van der Waals surface area contributed by atoms with Crippen LogP contribution in [-0.4, -0.2) is 33.6 Å². The Bertz CT molecular complexity index is 642. The standard InChI is InChI=1S/C15H19N3O2/c1-10-4-3-7-18-12(8-11-5-2-6-16-9-11)17-13(14(10)18)15(19)20/h3-4,7,11,16H,2,5-6,8-9H2,1H3,(H,19,20). The van der Waals surface area contributed by atoms with Gasteiger partial charge in [-0.15, -0.1) is 0 Å². The van der Waals surface area contributed by atoms with Crippen molar-refractivity contribution in [1.82, 2.24) is 14.7 Å². The van der Waals surface area contributed by atoms with Crippen LogP contribution in [0.15, 0.2) is 18.3 Å². The van der Waals surface area contributed by atoms with E-state index in [9.17, 15) is 9.90 Å². The van der Waals surface area contributed by atoms with Crippen LogP contribution in [0, 0.1) is 12.8 Å². The molecule has 1 fully saturated rings. The quantitative estimate of drug-likeness (QED) is 0.896. The van der Waals surface area contributed by atoms with Gasteiger partial charge < -0.3 is 14.8 Å². The molecule has 3 rings (SSSR count). The number of aromatic nitrogens is 2. The lowest BCUT2D eigenvalue weighted by atomic mass is 9.96. The number of aryl methyl sites for hydroxylation is 1. The van der Waals surface area contributed by atoms with Gasteiger partial charge in [0.25, 0.3) is 0 Å². The largest absolute Gasteiger partial charge is 0.476 e. The van der Waals surface area contributed by atoms with Gasteiger partial charge in [-0.1, -0.05) is 6.07 Å². The van der Waals surface area contributed by atoms with Gasteiger partial charge in [-0.05, 0) is 50.4 Å². The molecule has 106 valence electrons. The van der Waals surface area contributed by atoms with Gasteiger partial charge in [0.15, 0.2) is 5.69 Å². The van der Waals surface area contributed by atoms with Gasteiger partial charge in [-0.3, -0.25) is 0 Å². The van der Waals surface area contributed by atoms with E-state index in [0.29, 0.717) is 5.92 Å². The molecule has 20 heavy (non-hydrogen) atoms. The van der Waals surface area contributed by atoms with Crippen molar-refractivity contribution in [3.63, 3.8) is 0 Å². The molecule has 0 aromatic carbocycles. The minimum atomic E-state index is -0.954. The highest BCUT2D eigenvalue weighted by Crippen LogP contribution is 2.21. The Hall–Kier alpha value is -1.88. The van der Waals surface area contributed by atoms with E-state index >= 15 is 0 Å². The zero-order valence-electron chi connectivity index (χ0n) is 11.6. The Morgan fingerprint density at radius 2 is 2.45 bits per heavy atom. The van der Waals surface area contributed by atoms with E-state index < -0.39 is 5.97 Å². The Balaban J connectivity index is 2.02. The minimum absolute atomic E-state index is 0.168. The molecule has 2 aromatic rings. The summed E-state index contributed by atoms with van der Waals surface area (Å²) in [4.78, 5) is 15.8. The van der Waals surface area contributed by atoms with Crippen molar-refractivity contribution in [2.24, 2.45) is 5.92 Å². The molecule has 0 radical (unpaired) electrons. The summed E-state index contributed by atoms with van der Waals surface area (Å²) in [6.07, 6.45) is 5.09. The molecule has 3 heterocycles. The Kier molecular flexibility index (Phi) is 3.44. The highest BCUT2D eigenvalue weighted by Gasteiger charge is 2.21. The SMILES string of the molecule is Cc1cccn2c(CC3CCCNC3)nc(C(=O)O)c12. The second-order valence-corrected chi connectivity index (χ2v) is 5.51. The molecule has 2 aromatic heterocycles. The summed E-state index contributed by atoms with van der Waals surface area (Å²) in [7, 11) is 0. The average Bonchev–Trinajstić information content (AvgIpc) is 2.81. The number of hydrogen-bond acceptors (Lipinski definition) is 3. The number of fused-ring (bicyclic) bond motifs is 1. The first-order valence-electron chi connectivity index (χ1n) is 7.07. The summed E-state index contributed by atoms with van der Waals surface area (Å²) in [6, 6.07) is 3.87. The van der Waals surface area contributed by atoms with E-state index in [1.807, 2.05) is 29.7 Å². The van der Waals surface area contributed by atoms with Crippen molar-refractivity contribution >= 4 is 11.5 Å². The van der Waals surface area contributed by atoms with Crippen LogP contribution < -0.4 is 5.32 Å². The third kappa shape index (κ3) is 2.29.